The number of carbonyl (C=O) groups is 1. The highest BCUT2D eigenvalue weighted by molar-refractivity contribution is 5.94. The average Bonchev–Trinajstić information content (AvgIpc) is 2.45. The van der Waals surface area contributed by atoms with Crippen LogP contribution in [0.5, 0.6) is 5.75 Å². The van der Waals surface area contributed by atoms with Crippen molar-refractivity contribution in [1.82, 2.24) is 15.8 Å². The Balaban J connectivity index is 1.99. The molecule has 0 aliphatic heterocycles. The molecule has 0 fully saturated rings. The molecular weight excluding hydrogens is 254 g/mol. The van der Waals surface area contributed by atoms with Gasteiger partial charge in [-0.1, -0.05) is 18.7 Å². The van der Waals surface area contributed by atoms with Crippen LogP contribution in [0.2, 0.25) is 0 Å². The number of benzene rings is 1. The van der Waals surface area contributed by atoms with E-state index in [2.05, 4.69) is 22.4 Å². The van der Waals surface area contributed by atoms with Gasteiger partial charge in [0, 0.05) is 17.5 Å². The van der Waals surface area contributed by atoms with Crippen LogP contribution in [0.4, 0.5) is 0 Å². The molecule has 0 spiro atoms. The van der Waals surface area contributed by atoms with Gasteiger partial charge in [0.25, 0.3) is 5.91 Å². The second-order valence-corrected chi connectivity index (χ2v) is 4.26. The average molecular weight is 269 g/mol. The number of hydrazine groups is 1. The summed E-state index contributed by atoms with van der Waals surface area (Å²) in [7, 11) is 0. The van der Waals surface area contributed by atoms with E-state index in [1.807, 2.05) is 6.92 Å². The van der Waals surface area contributed by atoms with Gasteiger partial charge in [-0.05, 0) is 31.2 Å². The Kier molecular flexibility index (Phi) is 4.00. The lowest BCUT2D eigenvalue weighted by molar-refractivity contribution is 0.0942. The third-order valence-electron chi connectivity index (χ3n) is 2.73. The fraction of sp³-hybridized carbons (Fsp3) is 0.0667. The Labute approximate surface area is 117 Å². The maximum atomic E-state index is 11.9. The van der Waals surface area contributed by atoms with Crippen molar-refractivity contribution in [2.75, 3.05) is 0 Å². The smallest absolute Gasteiger partial charge is 0.271 e. The Morgan fingerprint density at radius 1 is 1.20 bits per heavy atom. The van der Waals surface area contributed by atoms with Gasteiger partial charge in [0.2, 0.25) is 0 Å². The molecule has 0 bridgehead atoms. The second-order valence-electron chi connectivity index (χ2n) is 4.26. The van der Waals surface area contributed by atoms with Crippen LogP contribution in [0.3, 0.4) is 0 Å². The largest absolute Gasteiger partial charge is 0.507 e. The molecule has 2 aromatic rings. The third-order valence-corrected chi connectivity index (χ3v) is 2.73. The van der Waals surface area contributed by atoms with Gasteiger partial charge < -0.3 is 5.11 Å². The summed E-state index contributed by atoms with van der Waals surface area (Å²) in [6, 6.07) is 10.2. The molecule has 0 atom stereocenters. The number of aromatic nitrogens is 1. The molecule has 102 valence electrons. The van der Waals surface area contributed by atoms with Gasteiger partial charge in [0.1, 0.15) is 5.75 Å². The molecule has 0 unspecified atom stereocenters. The summed E-state index contributed by atoms with van der Waals surface area (Å²) in [5.74, 6) is -0.231. The van der Waals surface area contributed by atoms with E-state index in [1.54, 1.807) is 36.4 Å². The highest BCUT2D eigenvalue weighted by Crippen LogP contribution is 2.20. The Morgan fingerprint density at radius 3 is 2.60 bits per heavy atom. The second kappa shape index (κ2) is 5.88. The molecule has 5 heteroatoms. The van der Waals surface area contributed by atoms with Crippen LogP contribution in [0.15, 0.2) is 49.2 Å². The van der Waals surface area contributed by atoms with Gasteiger partial charge in [0.05, 0.1) is 11.3 Å². The Morgan fingerprint density at radius 2 is 1.95 bits per heavy atom. The molecule has 5 nitrogen and oxygen atoms in total. The van der Waals surface area contributed by atoms with Crippen molar-refractivity contribution in [3.8, 4) is 5.75 Å². The molecule has 20 heavy (non-hydrogen) atoms. The minimum atomic E-state index is -0.325. The predicted octanol–water partition coefficient (Wildman–Crippen LogP) is 2.00. The topological polar surface area (TPSA) is 74.2 Å². The van der Waals surface area contributed by atoms with E-state index < -0.39 is 0 Å². The zero-order valence-corrected chi connectivity index (χ0v) is 11.1. The lowest BCUT2D eigenvalue weighted by atomic mass is 10.1. The summed E-state index contributed by atoms with van der Waals surface area (Å²) in [4.78, 5) is 15.9. The van der Waals surface area contributed by atoms with E-state index in [0.717, 1.165) is 5.69 Å². The lowest BCUT2D eigenvalue weighted by Gasteiger charge is -2.12. The first-order chi connectivity index (χ1) is 9.58. The van der Waals surface area contributed by atoms with E-state index in [4.69, 9.17) is 0 Å². The number of phenolic OH excluding ortho intramolecular Hbond substituents is 1. The molecule has 0 aliphatic carbocycles. The number of rotatable bonds is 4. The van der Waals surface area contributed by atoms with Crippen molar-refractivity contribution in [1.29, 1.82) is 0 Å². The number of nitrogens with one attached hydrogen (secondary N) is 2. The summed E-state index contributed by atoms with van der Waals surface area (Å²) < 4.78 is 0. The summed E-state index contributed by atoms with van der Waals surface area (Å²) in [6.45, 7) is 5.61. The monoisotopic (exact) mass is 269 g/mol. The molecule has 1 heterocycles. The lowest BCUT2D eigenvalue weighted by Crippen LogP contribution is -2.35. The summed E-state index contributed by atoms with van der Waals surface area (Å²) in [5, 5.41) is 9.67. The number of aryl methyl sites for hydroxylation is 1. The molecule has 0 saturated heterocycles. The predicted molar refractivity (Wildman–Crippen MR) is 76.7 cm³/mol. The zero-order chi connectivity index (χ0) is 14.5. The van der Waals surface area contributed by atoms with E-state index in [9.17, 15) is 9.90 Å². The molecule has 2 rings (SSSR count). The van der Waals surface area contributed by atoms with Gasteiger partial charge in [-0.2, -0.15) is 0 Å². The molecule has 0 radical (unpaired) electrons. The standard InChI is InChI=1S/C15H15N3O2/c1-10-7-8-12(9-16-10)15(20)18-17-11(2)13-5-3-4-6-14(13)19/h3-9,17,19H,2H2,1H3,(H,18,20). The quantitative estimate of drug-likeness (QED) is 0.742. The SMILES string of the molecule is C=C(NNC(=O)c1ccc(C)nc1)c1ccccc1O. The first kappa shape index (κ1) is 13.6. The molecule has 3 N–H and O–H groups in total. The molecule has 1 aromatic heterocycles. The van der Waals surface area contributed by atoms with Crippen LogP contribution >= 0.6 is 0 Å². The molecule has 0 saturated carbocycles. The number of amides is 1. The van der Waals surface area contributed by atoms with Crippen LogP contribution in [0.25, 0.3) is 5.70 Å². The minimum absolute atomic E-state index is 0.0938. The van der Waals surface area contributed by atoms with Crippen molar-refractivity contribution in [2.45, 2.75) is 6.92 Å². The zero-order valence-electron chi connectivity index (χ0n) is 11.1. The van der Waals surface area contributed by atoms with Crippen LogP contribution in [-0.2, 0) is 0 Å². The first-order valence-corrected chi connectivity index (χ1v) is 6.04. The van der Waals surface area contributed by atoms with Crippen LogP contribution in [0.1, 0.15) is 21.6 Å². The third kappa shape index (κ3) is 3.14. The van der Waals surface area contributed by atoms with Crippen molar-refractivity contribution < 1.29 is 9.90 Å². The van der Waals surface area contributed by atoms with Gasteiger partial charge in [-0.25, -0.2) is 0 Å². The summed E-state index contributed by atoms with van der Waals surface area (Å²) in [5.41, 5.74) is 7.38. The highest BCUT2D eigenvalue weighted by atomic mass is 16.3. The van der Waals surface area contributed by atoms with Crippen molar-refractivity contribution in [3.05, 3.63) is 66.0 Å². The van der Waals surface area contributed by atoms with Gasteiger partial charge in [0.15, 0.2) is 0 Å². The normalized spacial score (nSPS) is 9.85. The maximum Gasteiger partial charge on any atom is 0.271 e. The Bertz CT molecular complexity index is 636. The number of hydrogen-bond acceptors (Lipinski definition) is 4. The van der Waals surface area contributed by atoms with Crippen molar-refractivity contribution in [2.24, 2.45) is 0 Å². The molecule has 1 aromatic carbocycles. The number of nitrogens with zero attached hydrogens (tertiary/aromatic N) is 1. The Hall–Kier alpha value is -2.82. The van der Waals surface area contributed by atoms with E-state index in [0.29, 0.717) is 16.8 Å². The summed E-state index contributed by atoms with van der Waals surface area (Å²) in [6.07, 6.45) is 1.50. The van der Waals surface area contributed by atoms with Crippen molar-refractivity contribution in [3.63, 3.8) is 0 Å². The fourth-order valence-electron chi connectivity index (χ4n) is 1.60. The van der Waals surface area contributed by atoms with Gasteiger partial charge >= 0.3 is 0 Å². The van der Waals surface area contributed by atoms with E-state index in [1.165, 1.54) is 6.20 Å². The molecular formula is C15H15N3O2. The van der Waals surface area contributed by atoms with Crippen LogP contribution in [-0.4, -0.2) is 16.0 Å². The maximum absolute atomic E-state index is 11.9. The van der Waals surface area contributed by atoms with E-state index in [-0.39, 0.29) is 11.7 Å². The number of aromatic hydroxyl groups is 1. The number of hydrogen-bond donors (Lipinski definition) is 3. The van der Waals surface area contributed by atoms with Gasteiger partial charge in [-0.3, -0.25) is 20.6 Å². The van der Waals surface area contributed by atoms with E-state index >= 15 is 0 Å². The van der Waals surface area contributed by atoms with Gasteiger partial charge in [-0.15, -0.1) is 0 Å². The van der Waals surface area contributed by atoms with Crippen LogP contribution in [0, 0.1) is 6.92 Å². The number of phenols is 1. The molecule has 1 amide bonds. The highest BCUT2D eigenvalue weighted by Gasteiger charge is 2.07. The number of para-hydroxylation sites is 1. The first-order valence-electron chi connectivity index (χ1n) is 6.04. The van der Waals surface area contributed by atoms with Crippen LogP contribution < -0.4 is 10.9 Å². The fourth-order valence-corrected chi connectivity index (χ4v) is 1.60. The summed E-state index contributed by atoms with van der Waals surface area (Å²) >= 11 is 0. The number of carbonyl (C=O) groups excluding carboxylic acids is 1. The molecule has 0 aliphatic rings. The minimum Gasteiger partial charge on any atom is -0.507 e. The number of pyridine rings is 1. The van der Waals surface area contributed by atoms with Crippen molar-refractivity contribution >= 4 is 11.6 Å².